The second kappa shape index (κ2) is 6.53. The number of benzene rings is 2. The number of hydrogen-bond donors (Lipinski definition) is 1. The van der Waals surface area contributed by atoms with E-state index in [1.807, 2.05) is 31.2 Å². The molecular formula is C16H15ClFNO. The predicted molar refractivity (Wildman–Crippen MR) is 79.6 cm³/mol. The van der Waals surface area contributed by atoms with Crippen molar-refractivity contribution in [3.8, 4) is 0 Å². The van der Waals surface area contributed by atoms with E-state index in [-0.39, 0.29) is 22.9 Å². The quantitative estimate of drug-likeness (QED) is 0.898. The molecule has 20 heavy (non-hydrogen) atoms. The molecule has 0 unspecified atom stereocenters. The zero-order chi connectivity index (χ0) is 14.5. The van der Waals surface area contributed by atoms with Gasteiger partial charge in [0.2, 0.25) is 5.91 Å². The maximum Gasteiger partial charge on any atom is 0.228 e. The third-order valence-corrected chi connectivity index (χ3v) is 3.43. The van der Waals surface area contributed by atoms with Gasteiger partial charge in [-0.05, 0) is 30.2 Å². The fourth-order valence-electron chi connectivity index (χ4n) is 2.01. The standard InChI is InChI=1S/C16H15ClFNO/c1-2-11-6-3-4-9-15(11)19-16(20)10-12-13(17)7-5-8-14(12)18/h3-9H,2,10H2,1H3,(H,19,20). The van der Waals surface area contributed by atoms with Crippen molar-refractivity contribution < 1.29 is 9.18 Å². The zero-order valence-corrected chi connectivity index (χ0v) is 11.9. The molecule has 0 bridgehead atoms. The number of carbonyl (C=O) groups is 1. The molecule has 1 N–H and O–H groups in total. The summed E-state index contributed by atoms with van der Waals surface area (Å²) in [5.74, 6) is -0.741. The van der Waals surface area contributed by atoms with Crippen LogP contribution in [0.15, 0.2) is 42.5 Å². The largest absolute Gasteiger partial charge is 0.326 e. The lowest BCUT2D eigenvalue weighted by Gasteiger charge is -2.10. The molecule has 0 aromatic heterocycles. The Bertz CT molecular complexity index is 607. The molecule has 1 amide bonds. The topological polar surface area (TPSA) is 29.1 Å². The van der Waals surface area contributed by atoms with Crippen LogP contribution < -0.4 is 5.32 Å². The molecule has 0 saturated carbocycles. The molecule has 0 atom stereocenters. The van der Waals surface area contributed by atoms with Gasteiger partial charge in [-0.1, -0.05) is 42.8 Å². The average molecular weight is 292 g/mol. The van der Waals surface area contributed by atoms with E-state index in [4.69, 9.17) is 11.6 Å². The van der Waals surface area contributed by atoms with E-state index in [9.17, 15) is 9.18 Å². The van der Waals surface area contributed by atoms with Gasteiger partial charge >= 0.3 is 0 Å². The van der Waals surface area contributed by atoms with Crippen LogP contribution >= 0.6 is 11.6 Å². The number of hydrogen-bond acceptors (Lipinski definition) is 1. The highest BCUT2D eigenvalue weighted by Gasteiger charge is 2.12. The Morgan fingerprint density at radius 2 is 1.95 bits per heavy atom. The maximum absolute atomic E-state index is 13.6. The van der Waals surface area contributed by atoms with Gasteiger partial charge < -0.3 is 5.32 Å². The molecule has 0 fully saturated rings. The third-order valence-electron chi connectivity index (χ3n) is 3.07. The number of para-hydroxylation sites is 1. The Morgan fingerprint density at radius 1 is 1.20 bits per heavy atom. The molecule has 0 aliphatic rings. The molecule has 0 aliphatic heterocycles. The third kappa shape index (κ3) is 3.36. The van der Waals surface area contributed by atoms with E-state index in [0.717, 1.165) is 17.7 Å². The summed E-state index contributed by atoms with van der Waals surface area (Å²) in [4.78, 5) is 12.0. The second-order valence-electron chi connectivity index (χ2n) is 4.44. The molecule has 0 spiro atoms. The lowest BCUT2D eigenvalue weighted by atomic mass is 10.1. The molecule has 0 aliphatic carbocycles. The number of anilines is 1. The first kappa shape index (κ1) is 14.5. The predicted octanol–water partition coefficient (Wildman–Crippen LogP) is 4.22. The normalized spacial score (nSPS) is 10.3. The number of rotatable bonds is 4. The highest BCUT2D eigenvalue weighted by molar-refractivity contribution is 6.31. The van der Waals surface area contributed by atoms with Crippen LogP contribution in [0.2, 0.25) is 5.02 Å². The molecule has 4 heteroatoms. The summed E-state index contributed by atoms with van der Waals surface area (Å²) < 4.78 is 13.6. The maximum atomic E-state index is 13.6. The van der Waals surface area contributed by atoms with Crippen molar-refractivity contribution in [2.45, 2.75) is 19.8 Å². The Morgan fingerprint density at radius 3 is 2.65 bits per heavy atom. The number of carbonyl (C=O) groups excluding carboxylic acids is 1. The minimum Gasteiger partial charge on any atom is -0.326 e. The highest BCUT2D eigenvalue weighted by Crippen LogP contribution is 2.21. The molecule has 0 heterocycles. The van der Waals surface area contributed by atoms with Crippen molar-refractivity contribution in [1.82, 2.24) is 0 Å². The average Bonchev–Trinajstić information content (AvgIpc) is 2.44. The summed E-state index contributed by atoms with van der Waals surface area (Å²) in [6.07, 6.45) is 0.737. The Balaban J connectivity index is 2.13. The van der Waals surface area contributed by atoms with Crippen molar-refractivity contribution in [2.75, 3.05) is 5.32 Å². The van der Waals surface area contributed by atoms with Crippen LogP contribution in [0, 0.1) is 5.82 Å². The van der Waals surface area contributed by atoms with Gasteiger partial charge in [-0.3, -0.25) is 4.79 Å². The SMILES string of the molecule is CCc1ccccc1NC(=O)Cc1c(F)cccc1Cl. The van der Waals surface area contributed by atoms with Crippen molar-refractivity contribution >= 4 is 23.2 Å². The summed E-state index contributed by atoms with van der Waals surface area (Å²) >= 11 is 5.92. The number of amides is 1. The van der Waals surface area contributed by atoms with Crippen LogP contribution in [0.25, 0.3) is 0 Å². The second-order valence-corrected chi connectivity index (χ2v) is 4.84. The van der Waals surface area contributed by atoms with Crippen molar-refractivity contribution in [1.29, 1.82) is 0 Å². The van der Waals surface area contributed by atoms with Crippen molar-refractivity contribution in [3.63, 3.8) is 0 Å². The smallest absolute Gasteiger partial charge is 0.228 e. The van der Waals surface area contributed by atoms with E-state index in [2.05, 4.69) is 5.32 Å². The van der Waals surface area contributed by atoms with Gasteiger partial charge in [0.15, 0.2) is 0 Å². The summed E-state index contributed by atoms with van der Waals surface area (Å²) in [6, 6.07) is 12.0. The van der Waals surface area contributed by atoms with Crippen LogP contribution in [0.4, 0.5) is 10.1 Å². The fraction of sp³-hybridized carbons (Fsp3) is 0.188. The zero-order valence-electron chi connectivity index (χ0n) is 11.1. The van der Waals surface area contributed by atoms with Gasteiger partial charge in [0, 0.05) is 16.3 Å². The minimum atomic E-state index is -0.462. The Hall–Kier alpha value is -1.87. The van der Waals surface area contributed by atoms with Crippen LogP contribution in [-0.2, 0) is 17.6 Å². The molecule has 104 valence electrons. The summed E-state index contributed by atoms with van der Waals surface area (Å²) in [7, 11) is 0. The summed E-state index contributed by atoms with van der Waals surface area (Å²) in [5, 5.41) is 3.07. The highest BCUT2D eigenvalue weighted by atomic mass is 35.5. The first-order valence-corrected chi connectivity index (χ1v) is 6.80. The number of aryl methyl sites for hydroxylation is 1. The van der Waals surface area contributed by atoms with Gasteiger partial charge in [-0.2, -0.15) is 0 Å². The van der Waals surface area contributed by atoms with Crippen LogP contribution in [-0.4, -0.2) is 5.91 Å². The van der Waals surface area contributed by atoms with E-state index < -0.39 is 5.82 Å². The Kier molecular flexibility index (Phi) is 4.74. The molecule has 2 nitrogen and oxygen atoms in total. The van der Waals surface area contributed by atoms with Gasteiger partial charge in [0.25, 0.3) is 0 Å². The van der Waals surface area contributed by atoms with E-state index in [0.29, 0.717) is 0 Å². The van der Waals surface area contributed by atoms with Gasteiger partial charge in [0.05, 0.1) is 6.42 Å². The fourth-order valence-corrected chi connectivity index (χ4v) is 2.24. The van der Waals surface area contributed by atoms with E-state index in [1.165, 1.54) is 12.1 Å². The molecule has 0 saturated heterocycles. The Labute approximate surface area is 122 Å². The first-order valence-electron chi connectivity index (χ1n) is 6.42. The van der Waals surface area contributed by atoms with Crippen molar-refractivity contribution in [3.05, 3.63) is 64.4 Å². The molecule has 2 aromatic rings. The lowest BCUT2D eigenvalue weighted by Crippen LogP contribution is -2.16. The van der Waals surface area contributed by atoms with Crippen LogP contribution in [0.5, 0.6) is 0 Å². The molecule has 0 radical (unpaired) electrons. The van der Waals surface area contributed by atoms with Crippen LogP contribution in [0.3, 0.4) is 0 Å². The monoisotopic (exact) mass is 291 g/mol. The van der Waals surface area contributed by atoms with Crippen LogP contribution in [0.1, 0.15) is 18.1 Å². The number of halogens is 2. The summed E-state index contributed by atoms with van der Waals surface area (Å²) in [5.41, 5.74) is 2.02. The van der Waals surface area contributed by atoms with Crippen molar-refractivity contribution in [2.24, 2.45) is 0 Å². The van der Waals surface area contributed by atoms with E-state index >= 15 is 0 Å². The van der Waals surface area contributed by atoms with Gasteiger partial charge in [-0.25, -0.2) is 4.39 Å². The molecule has 2 aromatic carbocycles. The number of nitrogens with one attached hydrogen (secondary N) is 1. The minimum absolute atomic E-state index is 0.0798. The van der Waals surface area contributed by atoms with E-state index in [1.54, 1.807) is 6.07 Å². The van der Waals surface area contributed by atoms with Gasteiger partial charge in [0.1, 0.15) is 5.82 Å². The van der Waals surface area contributed by atoms with Gasteiger partial charge in [-0.15, -0.1) is 0 Å². The molecule has 2 rings (SSSR count). The first-order chi connectivity index (χ1) is 9.61. The lowest BCUT2D eigenvalue weighted by molar-refractivity contribution is -0.115. The summed E-state index contributed by atoms with van der Waals surface area (Å²) in [6.45, 7) is 2.01. The molecular weight excluding hydrogens is 277 g/mol.